The van der Waals surface area contributed by atoms with Gasteiger partial charge in [-0.25, -0.2) is 0 Å². The molecule has 0 aliphatic heterocycles. The Labute approximate surface area is 157 Å². The van der Waals surface area contributed by atoms with Crippen LogP contribution in [0.5, 0.6) is 0 Å². The van der Waals surface area contributed by atoms with Gasteiger partial charge < -0.3 is 14.9 Å². The predicted molar refractivity (Wildman–Crippen MR) is 108 cm³/mol. The lowest BCUT2D eigenvalue weighted by Crippen LogP contribution is -2.38. The number of hydrogen-bond acceptors (Lipinski definition) is 4. The monoisotopic (exact) mass is 358 g/mol. The lowest BCUT2D eigenvalue weighted by Gasteiger charge is -2.37. The number of thiol groups is 1. The lowest BCUT2D eigenvalue weighted by atomic mass is 9.69. The molecule has 0 saturated heterocycles. The molecule has 0 aromatic carbocycles. The standard InChI is InChI=1S/C21H30N2OS/c1-15(2)20(23-19-8-4-3-7-16(19)14-24-25)17-13-21(10-5-6-11-21)12-9-18(17)22/h3-4,7-8,16,19,22-23,25H,1,5-6,9-14H2,2H3/b20-17-,22-18?. The second-order valence-electron chi connectivity index (χ2n) is 7.90. The molecular formula is C21H30N2OS. The highest BCUT2D eigenvalue weighted by Crippen LogP contribution is 2.50. The summed E-state index contributed by atoms with van der Waals surface area (Å²) in [5, 5.41) is 12.2. The van der Waals surface area contributed by atoms with E-state index in [0.29, 0.717) is 12.0 Å². The molecule has 3 nitrogen and oxygen atoms in total. The molecule has 0 amide bonds. The molecule has 2 N–H and O–H groups in total. The van der Waals surface area contributed by atoms with Gasteiger partial charge in [-0.15, -0.1) is 0 Å². The lowest BCUT2D eigenvalue weighted by molar-refractivity contribution is 0.264. The second kappa shape index (κ2) is 7.96. The molecule has 136 valence electrons. The summed E-state index contributed by atoms with van der Waals surface area (Å²) >= 11 is 3.92. The van der Waals surface area contributed by atoms with E-state index in [0.717, 1.165) is 29.8 Å². The maximum absolute atomic E-state index is 8.56. The van der Waals surface area contributed by atoms with Crippen LogP contribution in [0.3, 0.4) is 0 Å². The van der Waals surface area contributed by atoms with Crippen LogP contribution < -0.4 is 5.32 Å². The summed E-state index contributed by atoms with van der Waals surface area (Å²) in [4.78, 5) is 0. The highest BCUT2D eigenvalue weighted by atomic mass is 32.1. The Bertz CT molecular complexity index is 626. The molecule has 0 bridgehead atoms. The zero-order valence-electron chi connectivity index (χ0n) is 15.2. The fourth-order valence-electron chi connectivity index (χ4n) is 4.59. The molecule has 0 heterocycles. The quantitative estimate of drug-likeness (QED) is 0.470. The summed E-state index contributed by atoms with van der Waals surface area (Å²) in [7, 11) is 0. The largest absolute Gasteiger partial charge is 0.378 e. The van der Waals surface area contributed by atoms with Crippen LogP contribution in [0.25, 0.3) is 0 Å². The van der Waals surface area contributed by atoms with E-state index >= 15 is 0 Å². The van der Waals surface area contributed by atoms with Gasteiger partial charge in [-0.1, -0.05) is 43.7 Å². The summed E-state index contributed by atoms with van der Waals surface area (Å²) in [5.74, 6) is 0.232. The van der Waals surface area contributed by atoms with Crippen molar-refractivity contribution in [1.29, 1.82) is 5.41 Å². The smallest absolute Gasteiger partial charge is 0.0696 e. The Hall–Kier alpha value is -1.26. The number of hydrogen-bond donors (Lipinski definition) is 3. The third kappa shape index (κ3) is 4.12. The van der Waals surface area contributed by atoms with E-state index in [1.165, 1.54) is 37.7 Å². The number of allylic oxidation sites excluding steroid dienone is 4. The zero-order valence-corrected chi connectivity index (χ0v) is 16.1. The fraction of sp³-hybridized carbons (Fsp3) is 0.571. The minimum absolute atomic E-state index is 0.144. The van der Waals surface area contributed by atoms with E-state index in [4.69, 9.17) is 9.59 Å². The van der Waals surface area contributed by atoms with Crippen molar-refractivity contribution in [3.63, 3.8) is 0 Å². The van der Waals surface area contributed by atoms with Crippen LogP contribution >= 0.6 is 12.9 Å². The van der Waals surface area contributed by atoms with Crippen LogP contribution in [0.1, 0.15) is 51.9 Å². The van der Waals surface area contributed by atoms with Gasteiger partial charge in [-0.3, -0.25) is 0 Å². The average molecular weight is 359 g/mol. The molecule has 3 aliphatic carbocycles. The molecule has 2 saturated carbocycles. The SMILES string of the molecule is C=C(C)/C(NC1C=CC=CC1COS)=C1\CC2(CCCC2)CCC1=N. The molecular weight excluding hydrogens is 328 g/mol. The van der Waals surface area contributed by atoms with Gasteiger partial charge in [-0.2, -0.15) is 0 Å². The van der Waals surface area contributed by atoms with Crippen LogP contribution in [-0.2, 0) is 4.18 Å². The van der Waals surface area contributed by atoms with E-state index in [1.807, 2.05) is 6.92 Å². The summed E-state index contributed by atoms with van der Waals surface area (Å²) < 4.78 is 5.08. The minimum atomic E-state index is 0.144. The maximum Gasteiger partial charge on any atom is 0.0696 e. The molecule has 2 atom stereocenters. The topological polar surface area (TPSA) is 45.1 Å². The van der Waals surface area contributed by atoms with Gasteiger partial charge in [0.15, 0.2) is 0 Å². The normalized spacial score (nSPS) is 29.9. The molecule has 4 heteroatoms. The molecule has 0 aromatic rings. The first-order valence-electron chi connectivity index (χ1n) is 9.39. The van der Waals surface area contributed by atoms with E-state index < -0.39 is 0 Å². The van der Waals surface area contributed by atoms with Crippen molar-refractivity contribution in [2.45, 2.75) is 57.9 Å². The van der Waals surface area contributed by atoms with Crippen molar-refractivity contribution >= 4 is 18.6 Å². The average Bonchev–Trinajstić information content (AvgIpc) is 3.05. The summed E-state index contributed by atoms with van der Waals surface area (Å²) in [5.41, 5.74) is 4.50. The molecule has 2 fully saturated rings. The Balaban J connectivity index is 1.87. The minimum Gasteiger partial charge on any atom is -0.378 e. The first-order valence-corrected chi connectivity index (χ1v) is 9.76. The van der Waals surface area contributed by atoms with Gasteiger partial charge in [-0.05, 0) is 68.5 Å². The number of rotatable bonds is 5. The molecule has 1 spiro atoms. The third-order valence-corrected chi connectivity index (χ3v) is 6.19. The van der Waals surface area contributed by atoms with Crippen LogP contribution in [0.2, 0.25) is 0 Å². The first kappa shape index (κ1) is 18.5. The Morgan fingerprint density at radius 3 is 2.72 bits per heavy atom. The van der Waals surface area contributed by atoms with E-state index in [1.54, 1.807) is 0 Å². The Kier molecular flexibility index (Phi) is 5.90. The van der Waals surface area contributed by atoms with E-state index in [9.17, 15) is 0 Å². The van der Waals surface area contributed by atoms with Crippen LogP contribution in [0.4, 0.5) is 0 Å². The fourth-order valence-corrected chi connectivity index (χ4v) is 4.76. The van der Waals surface area contributed by atoms with E-state index in [2.05, 4.69) is 49.1 Å². The van der Waals surface area contributed by atoms with Crippen LogP contribution in [-0.4, -0.2) is 18.4 Å². The molecule has 25 heavy (non-hydrogen) atoms. The Morgan fingerprint density at radius 2 is 2.04 bits per heavy atom. The van der Waals surface area contributed by atoms with Crippen LogP contribution in [0, 0.1) is 16.7 Å². The van der Waals surface area contributed by atoms with Crippen molar-refractivity contribution in [2.75, 3.05) is 6.61 Å². The van der Waals surface area contributed by atoms with Gasteiger partial charge in [0.25, 0.3) is 0 Å². The van der Waals surface area contributed by atoms with Gasteiger partial charge in [0, 0.05) is 17.3 Å². The molecule has 2 unspecified atom stereocenters. The summed E-state index contributed by atoms with van der Waals surface area (Å²) in [6.45, 7) is 6.82. The highest BCUT2D eigenvalue weighted by Gasteiger charge is 2.39. The van der Waals surface area contributed by atoms with Gasteiger partial charge in [0.2, 0.25) is 0 Å². The van der Waals surface area contributed by atoms with Crippen LogP contribution in [0.15, 0.2) is 47.7 Å². The second-order valence-corrected chi connectivity index (χ2v) is 8.15. The third-order valence-electron chi connectivity index (χ3n) is 6.04. The maximum atomic E-state index is 8.56. The highest BCUT2D eigenvalue weighted by molar-refractivity contribution is 7.75. The van der Waals surface area contributed by atoms with Crippen molar-refractivity contribution in [3.8, 4) is 0 Å². The summed E-state index contributed by atoms with van der Waals surface area (Å²) in [6, 6.07) is 0.144. The first-order chi connectivity index (χ1) is 12.0. The van der Waals surface area contributed by atoms with Gasteiger partial charge in [0.05, 0.1) is 12.6 Å². The van der Waals surface area contributed by atoms with Gasteiger partial charge in [0.1, 0.15) is 0 Å². The van der Waals surface area contributed by atoms with Crippen molar-refractivity contribution in [2.24, 2.45) is 11.3 Å². The zero-order chi connectivity index (χ0) is 17.9. The molecule has 0 radical (unpaired) electrons. The molecule has 3 aliphatic rings. The predicted octanol–water partition coefficient (Wildman–Crippen LogP) is 5.14. The van der Waals surface area contributed by atoms with Crippen molar-refractivity contribution in [3.05, 3.63) is 47.7 Å². The molecule has 3 rings (SSSR count). The van der Waals surface area contributed by atoms with Crippen molar-refractivity contribution < 1.29 is 4.18 Å². The number of nitrogens with one attached hydrogen (secondary N) is 2. The van der Waals surface area contributed by atoms with Crippen molar-refractivity contribution in [1.82, 2.24) is 5.32 Å². The van der Waals surface area contributed by atoms with Gasteiger partial charge >= 0.3 is 0 Å². The summed E-state index contributed by atoms with van der Waals surface area (Å²) in [6.07, 6.45) is 16.9. The Morgan fingerprint density at radius 1 is 1.32 bits per heavy atom. The molecule has 0 aromatic heterocycles. The van der Waals surface area contributed by atoms with E-state index in [-0.39, 0.29) is 12.0 Å².